The van der Waals surface area contributed by atoms with E-state index in [4.69, 9.17) is 0 Å². The van der Waals surface area contributed by atoms with Crippen LogP contribution in [0.5, 0.6) is 0 Å². The molecule has 0 unspecified atom stereocenters. The molecule has 2 aromatic rings. The first-order chi connectivity index (χ1) is 11.6. The lowest BCUT2D eigenvalue weighted by atomic mass is 9.75. The molecule has 5 heteroatoms. The highest BCUT2D eigenvalue weighted by Gasteiger charge is 2.41. The predicted molar refractivity (Wildman–Crippen MR) is 93.2 cm³/mol. The third-order valence-electron chi connectivity index (χ3n) is 5.39. The standard InChI is InChI=1S/C19H19N3O2/c1-11-9-16(22(23)24)19-17(12(11)2)14-6-3-7-15(14)18(21-19)13-5-4-8-20-10-13/h3-6,8-10,14-15,18,21H,7H2,1-2H3/t14-,15+,18-/m1/s1. The minimum Gasteiger partial charge on any atom is -0.372 e. The lowest BCUT2D eigenvalue weighted by Crippen LogP contribution is -2.30. The van der Waals surface area contributed by atoms with Crippen molar-refractivity contribution in [2.75, 3.05) is 5.32 Å². The summed E-state index contributed by atoms with van der Waals surface area (Å²) in [6, 6.07) is 5.67. The molecule has 1 aromatic carbocycles. The normalized spacial score (nSPS) is 24.2. The van der Waals surface area contributed by atoms with Crippen molar-refractivity contribution >= 4 is 11.4 Å². The highest BCUT2D eigenvalue weighted by Crippen LogP contribution is 2.53. The molecule has 122 valence electrons. The first-order valence-electron chi connectivity index (χ1n) is 8.19. The number of aryl methyl sites for hydroxylation is 1. The molecule has 1 aliphatic carbocycles. The molecule has 3 atom stereocenters. The number of allylic oxidation sites excluding steroid dienone is 2. The third-order valence-corrected chi connectivity index (χ3v) is 5.39. The first-order valence-corrected chi connectivity index (χ1v) is 8.19. The van der Waals surface area contributed by atoms with Crippen molar-refractivity contribution in [2.24, 2.45) is 5.92 Å². The van der Waals surface area contributed by atoms with E-state index in [1.165, 1.54) is 0 Å². The summed E-state index contributed by atoms with van der Waals surface area (Å²) in [5, 5.41) is 15.1. The second kappa shape index (κ2) is 5.44. The Morgan fingerprint density at radius 1 is 1.38 bits per heavy atom. The molecule has 1 aliphatic heterocycles. The van der Waals surface area contributed by atoms with E-state index in [-0.39, 0.29) is 22.6 Å². The van der Waals surface area contributed by atoms with Gasteiger partial charge in [-0.25, -0.2) is 0 Å². The SMILES string of the molecule is Cc1cc([N+](=O)[O-])c2c(c1C)[C@@H]1C=CC[C@@H]1[C@@H](c1cccnc1)N2. The molecule has 4 rings (SSSR count). The number of nitrogens with one attached hydrogen (secondary N) is 1. The van der Waals surface area contributed by atoms with Crippen LogP contribution in [0.3, 0.4) is 0 Å². The van der Waals surface area contributed by atoms with E-state index < -0.39 is 0 Å². The maximum atomic E-state index is 11.6. The van der Waals surface area contributed by atoms with Gasteiger partial charge in [0.2, 0.25) is 0 Å². The Kier molecular flexibility index (Phi) is 3.37. The number of anilines is 1. The number of fused-ring (bicyclic) bond motifs is 3. The van der Waals surface area contributed by atoms with Crippen LogP contribution in [0.4, 0.5) is 11.4 Å². The van der Waals surface area contributed by atoms with Gasteiger partial charge in [-0.1, -0.05) is 18.2 Å². The van der Waals surface area contributed by atoms with Gasteiger partial charge in [0.1, 0.15) is 5.69 Å². The quantitative estimate of drug-likeness (QED) is 0.504. The van der Waals surface area contributed by atoms with E-state index in [9.17, 15) is 10.1 Å². The van der Waals surface area contributed by atoms with Gasteiger partial charge in [0.15, 0.2) is 0 Å². The zero-order valence-electron chi connectivity index (χ0n) is 13.7. The molecule has 5 nitrogen and oxygen atoms in total. The van der Waals surface area contributed by atoms with Gasteiger partial charge < -0.3 is 5.32 Å². The summed E-state index contributed by atoms with van der Waals surface area (Å²) in [4.78, 5) is 15.6. The molecule has 0 saturated heterocycles. The number of hydrogen-bond donors (Lipinski definition) is 1. The van der Waals surface area contributed by atoms with E-state index in [0.717, 1.165) is 28.7 Å². The van der Waals surface area contributed by atoms with Gasteiger partial charge in [-0.05, 0) is 54.5 Å². The average molecular weight is 321 g/mol. The number of aromatic nitrogens is 1. The summed E-state index contributed by atoms with van der Waals surface area (Å²) in [6.45, 7) is 4.01. The van der Waals surface area contributed by atoms with Crippen molar-refractivity contribution in [1.82, 2.24) is 4.98 Å². The summed E-state index contributed by atoms with van der Waals surface area (Å²) in [7, 11) is 0. The topological polar surface area (TPSA) is 68.1 Å². The Balaban J connectivity index is 1.92. The van der Waals surface area contributed by atoms with Crippen LogP contribution in [0.1, 0.15) is 40.6 Å². The Hall–Kier alpha value is -2.69. The number of pyridine rings is 1. The van der Waals surface area contributed by atoms with Gasteiger partial charge >= 0.3 is 0 Å². The number of nitro benzene ring substituents is 1. The minimum absolute atomic E-state index is 0.0343. The number of benzene rings is 1. The Bertz CT molecular complexity index is 845. The van der Waals surface area contributed by atoms with Crippen molar-refractivity contribution in [3.8, 4) is 0 Å². The Labute approximate surface area is 140 Å². The molecule has 1 N–H and O–H groups in total. The maximum Gasteiger partial charge on any atom is 0.292 e. The number of hydrogen-bond acceptors (Lipinski definition) is 4. The zero-order chi connectivity index (χ0) is 16.8. The van der Waals surface area contributed by atoms with Gasteiger partial charge in [0.25, 0.3) is 5.69 Å². The van der Waals surface area contributed by atoms with Crippen molar-refractivity contribution < 1.29 is 4.92 Å². The van der Waals surface area contributed by atoms with E-state index in [2.05, 4.69) is 29.4 Å². The fraction of sp³-hybridized carbons (Fsp3) is 0.316. The summed E-state index contributed by atoms with van der Waals surface area (Å²) in [5.74, 6) is 0.576. The Morgan fingerprint density at radius 2 is 2.21 bits per heavy atom. The second-order valence-corrected chi connectivity index (χ2v) is 6.65. The molecule has 0 radical (unpaired) electrons. The third kappa shape index (κ3) is 2.12. The van der Waals surface area contributed by atoms with Crippen molar-refractivity contribution in [1.29, 1.82) is 0 Å². The van der Waals surface area contributed by atoms with Gasteiger partial charge in [-0.2, -0.15) is 0 Å². The molecular weight excluding hydrogens is 302 g/mol. The summed E-state index contributed by atoms with van der Waals surface area (Å²) < 4.78 is 0. The molecule has 2 aliphatic rings. The smallest absolute Gasteiger partial charge is 0.292 e. The molecule has 0 bridgehead atoms. The van der Waals surface area contributed by atoms with Crippen molar-refractivity contribution in [3.63, 3.8) is 0 Å². The fourth-order valence-corrected chi connectivity index (χ4v) is 4.11. The van der Waals surface area contributed by atoms with Gasteiger partial charge in [-0.3, -0.25) is 15.1 Å². The molecule has 0 fully saturated rings. The molecule has 0 spiro atoms. The van der Waals surface area contributed by atoms with Gasteiger partial charge in [-0.15, -0.1) is 0 Å². The van der Waals surface area contributed by atoms with Crippen LogP contribution in [-0.4, -0.2) is 9.91 Å². The van der Waals surface area contributed by atoms with Crippen LogP contribution >= 0.6 is 0 Å². The van der Waals surface area contributed by atoms with Gasteiger partial charge in [0.05, 0.1) is 11.0 Å². The maximum absolute atomic E-state index is 11.6. The summed E-state index contributed by atoms with van der Waals surface area (Å²) in [5.41, 5.74) is 5.12. The number of rotatable bonds is 2. The van der Waals surface area contributed by atoms with Gasteiger partial charge in [0, 0.05) is 24.4 Å². The van der Waals surface area contributed by atoms with E-state index >= 15 is 0 Å². The molecule has 2 heterocycles. The molecule has 0 amide bonds. The number of nitrogens with zero attached hydrogens (tertiary/aromatic N) is 2. The predicted octanol–water partition coefficient (Wildman–Crippen LogP) is 4.43. The summed E-state index contributed by atoms with van der Waals surface area (Å²) >= 11 is 0. The van der Waals surface area contributed by atoms with Crippen LogP contribution in [-0.2, 0) is 0 Å². The fourth-order valence-electron chi connectivity index (χ4n) is 4.11. The molecular formula is C19H19N3O2. The minimum atomic E-state index is -0.280. The van der Waals surface area contributed by atoms with Crippen LogP contribution in [0.15, 0.2) is 42.7 Å². The van der Waals surface area contributed by atoms with Crippen LogP contribution in [0.2, 0.25) is 0 Å². The van der Waals surface area contributed by atoms with Crippen molar-refractivity contribution in [3.05, 3.63) is 75.1 Å². The molecule has 0 saturated carbocycles. The largest absolute Gasteiger partial charge is 0.372 e. The molecule has 1 aromatic heterocycles. The van der Waals surface area contributed by atoms with Crippen LogP contribution in [0.25, 0.3) is 0 Å². The van der Waals surface area contributed by atoms with Crippen LogP contribution < -0.4 is 5.32 Å². The number of nitro groups is 1. The highest BCUT2D eigenvalue weighted by molar-refractivity contribution is 5.74. The van der Waals surface area contributed by atoms with E-state index in [1.807, 2.05) is 25.3 Å². The lowest BCUT2D eigenvalue weighted by Gasteiger charge is -2.38. The Morgan fingerprint density at radius 3 is 2.92 bits per heavy atom. The average Bonchev–Trinajstić information content (AvgIpc) is 3.07. The summed E-state index contributed by atoms with van der Waals surface area (Å²) in [6.07, 6.45) is 8.98. The second-order valence-electron chi connectivity index (χ2n) is 6.65. The van der Waals surface area contributed by atoms with E-state index in [1.54, 1.807) is 12.3 Å². The van der Waals surface area contributed by atoms with Crippen molar-refractivity contribution in [2.45, 2.75) is 32.2 Å². The highest BCUT2D eigenvalue weighted by atomic mass is 16.6. The van der Waals surface area contributed by atoms with E-state index in [0.29, 0.717) is 11.6 Å². The van der Waals surface area contributed by atoms with Crippen LogP contribution in [0, 0.1) is 29.9 Å². The lowest BCUT2D eigenvalue weighted by molar-refractivity contribution is -0.384. The zero-order valence-corrected chi connectivity index (χ0v) is 13.7. The first kappa shape index (κ1) is 14.9. The molecule has 24 heavy (non-hydrogen) atoms. The monoisotopic (exact) mass is 321 g/mol.